The lowest BCUT2D eigenvalue weighted by molar-refractivity contribution is 0.354. The zero-order valence-corrected chi connectivity index (χ0v) is 15.9. The maximum atomic E-state index is 5.95. The van der Waals surface area contributed by atoms with Gasteiger partial charge in [-0.2, -0.15) is 0 Å². The van der Waals surface area contributed by atoms with E-state index >= 15 is 0 Å². The second kappa shape index (κ2) is 7.97. The smallest absolute Gasteiger partial charge is 0.142 e. The summed E-state index contributed by atoms with van der Waals surface area (Å²) in [6.07, 6.45) is 0. The lowest BCUT2D eigenvalue weighted by Gasteiger charge is -2.09. The molecule has 0 aliphatic rings. The van der Waals surface area contributed by atoms with Crippen LogP contribution in [0.25, 0.3) is 33.9 Å². The van der Waals surface area contributed by atoms with Crippen LogP contribution in [0.15, 0.2) is 97.1 Å². The number of rotatable bonds is 6. The normalized spacial score (nSPS) is 10.6. The quantitative estimate of drug-likeness (QED) is 0.403. The van der Waals surface area contributed by atoms with Crippen LogP contribution in [0.3, 0.4) is 0 Å². The second-order valence-electron chi connectivity index (χ2n) is 6.78. The van der Waals surface area contributed by atoms with Crippen LogP contribution >= 0.6 is 0 Å². The van der Waals surface area contributed by atoms with Gasteiger partial charge in [0.25, 0.3) is 0 Å². The number of imidazole rings is 1. The van der Waals surface area contributed by atoms with Gasteiger partial charge in [-0.05, 0) is 24.6 Å². The minimum atomic E-state index is 0.481. The standard InChI is InChI=1S/C25H22N2O/c1-18(2)17-28-22-16-10-9-15-21(22)25-26-23(19-11-5-3-6-12-19)24(27-25)20-13-7-4-8-14-20/h3-16H,1,17H2,2H3,(H,26,27). The van der Waals surface area contributed by atoms with Crippen molar-refractivity contribution < 1.29 is 4.74 Å². The van der Waals surface area contributed by atoms with E-state index in [4.69, 9.17) is 9.72 Å². The van der Waals surface area contributed by atoms with Gasteiger partial charge in [0.2, 0.25) is 0 Å². The van der Waals surface area contributed by atoms with Gasteiger partial charge in [-0.15, -0.1) is 0 Å². The zero-order valence-electron chi connectivity index (χ0n) is 15.9. The van der Waals surface area contributed by atoms with Crippen LogP contribution in [0.1, 0.15) is 6.92 Å². The van der Waals surface area contributed by atoms with Crippen molar-refractivity contribution in [2.45, 2.75) is 6.92 Å². The van der Waals surface area contributed by atoms with Gasteiger partial charge in [-0.1, -0.05) is 79.4 Å². The first-order valence-corrected chi connectivity index (χ1v) is 9.30. The number of benzene rings is 3. The minimum Gasteiger partial charge on any atom is -0.489 e. The molecule has 1 aromatic heterocycles. The third-order valence-electron chi connectivity index (χ3n) is 4.43. The van der Waals surface area contributed by atoms with Crippen LogP contribution in [-0.4, -0.2) is 16.6 Å². The Balaban J connectivity index is 1.84. The summed E-state index contributed by atoms with van der Waals surface area (Å²) in [6.45, 7) is 6.36. The Kier molecular flexibility index (Phi) is 5.07. The van der Waals surface area contributed by atoms with Crippen LogP contribution in [0.5, 0.6) is 5.75 Å². The van der Waals surface area contributed by atoms with Crippen molar-refractivity contribution in [3.63, 3.8) is 0 Å². The second-order valence-corrected chi connectivity index (χ2v) is 6.78. The lowest BCUT2D eigenvalue weighted by Crippen LogP contribution is -1.99. The highest BCUT2D eigenvalue weighted by atomic mass is 16.5. The number of aromatic nitrogens is 2. The van der Waals surface area contributed by atoms with Crippen molar-refractivity contribution in [2.75, 3.05) is 6.61 Å². The van der Waals surface area contributed by atoms with E-state index in [2.05, 4.69) is 35.8 Å². The predicted molar refractivity (Wildman–Crippen MR) is 115 cm³/mol. The van der Waals surface area contributed by atoms with Crippen molar-refractivity contribution in [3.8, 4) is 39.7 Å². The number of hydrogen-bond donors (Lipinski definition) is 1. The molecule has 0 fully saturated rings. The molecule has 0 bridgehead atoms. The molecule has 1 N–H and O–H groups in total. The van der Waals surface area contributed by atoms with Gasteiger partial charge in [-0.3, -0.25) is 0 Å². The molecule has 0 aliphatic carbocycles. The molecule has 4 aromatic rings. The molecular weight excluding hydrogens is 344 g/mol. The number of H-pyrrole nitrogens is 1. The number of aromatic amines is 1. The summed E-state index contributed by atoms with van der Waals surface area (Å²) in [5.41, 5.74) is 6.00. The van der Waals surface area contributed by atoms with Crippen molar-refractivity contribution in [1.82, 2.24) is 9.97 Å². The summed E-state index contributed by atoms with van der Waals surface area (Å²) in [6, 6.07) is 28.5. The van der Waals surface area contributed by atoms with E-state index in [9.17, 15) is 0 Å². The van der Waals surface area contributed by atoms with E-state index in [-0.39, 0.29) is 0 Å². The topological polar surface area (TPSA) is 37.9 Å². The summed E-state index contributed by atoms with van der Waals surface area (Å²) in [4.78, 5) is 8.48. The molecule has 28 heavy (non-hydrogen) atoms. The molecule has 0 spiro atoms. The monoisotopic (exact) mass is 366 g/mol. The van der Waals surface area contributed by atoms with Crippen LogP contribution < -0.4 is 4.74 Å². The SMILES string of the molecule is C=C(C)COc1ccccc1-c1nc(-c2ccccc2)c(-c2ccccc2)[nH]1. The highest BCUT2D eigenvalue weighted by molar-refractivity contribution is 5.82. The van der Waals surface area contributed by atoms with E-state index in [0.717, 1.165) is 45.2 Å². The molecular formula is C25H22N2O. The Labute approximate surface area is 165 Å². The fourth-order valence-electron chi connectivity index (χ4n) is 3.11. The molecule has 1 heterocycles. The van der Waals surface area contributed by atoms with Gasteiger partial charge in [0.05, 0.1) is 17.0 Å². The fourth-order valence-corrected chi connectivity index (χ4v) is 3.11. The van der Waals surface area contributed by atoms with Crippen molar-refractivity contribution >= 4 is 0 Å². The third-order valence-corrected chi connectivity index (χ3v) is 4.43. The van der Waals surface area contributed by atoms with Gasteiger partial charge in [0.1, 0.15) is 18.2 Å². The largest absolute Gasteiger partial charge is 0.489 e. The van der Waals surface area contributed by atoms with Gasteiger partial charge < -0.3 is 9.72 Å². The molecule has 0 saturated heterocycles. The number of para-hydroxylation sites is 1. The third kappa shape index (κ3) is 3.74. The summed E-state index contributed by atoms with van der Waals surface area (Å²) in [5.74, 6) is 1.58. The molecule has 4 rings (SSSR count). The zero-order chi connectivity index (χ0) is 19.3. The van der Waals surface area contributed by atoms with E-state index in [1.54, 1.807) is 0 Å². The minimum absolute atomic E-state index is 0.481. The average molecular weight is 366 g/mol. The van der Waals surface area contributed by atoms with Crippen molar-refractivity contribution in [3.05, 3.63) is 97.1 Å². The Morgan fingerprint density at radius 1 is 0.857 bits per heavy atom. The molecule has 0 aliphatic heterocycles. The number of ether oxygens (including phenoxy) is 1. The predicted octanol–water partition coefficient (Wildman–Crippen LogP) is 6.37. The van der Waals surface area contributed by atoms with Crippen LogP contribution in [0.2, 0.25) is 0 Å². The number of nitrogens with zero attached hydrogens (tertiary/aromatic N) is 1. The first-order chi connectivity index (χ1) is 13.7. The molecule has 0 amide bonds. The van der Waals surface area contributed by atoms with E-state index < -0.39 is 0 Å². The number of nitrogens with one attached hydrogen (secondary N) is 1. The Morgan fingerprint density at radius 3 is 2.14 bits per heavy atom. The Bertz CT molecular complexity index is 1030. The van der Waals surface area contributed by atoms with Crippen molar-refractivity contribution in [2.24, 2.45) is 0 Å². The highest BCUT2D eigenvalue weighted by Gasteiger charge is 2.17. The summed E-state index contributed by atoms with van der Waals surface area (Å²) < 4.78 is 5.95. The Hall–Kier alpha value is -3.59. The molecule has 0 saturated carbocycles. The van der Waals surface area contributed by atoms with Crippen LogP contribution in [0, 0.1) is 0 Å². The summed E-state index contributed by atoms with van der Waals surface area (Å²) in [7, 11) is 0. The van der Waals surface area contributed by atoms with Gasteiger partial charge in [0.15, 0.2) is 0 Å². The summed E-state index contributed by atoms with van der Waals surface area (Å²) in [5, 5.41) is 0. The Morgan fingerprint density at radius 2 is 1.46 bits per heavy atom. The van der Waals surface area contributed by atoms with E-state index in [1.807, 2.05) is 67.6 Å². The maximum absolute atomic E-state index is 5.95. The summed E-state index contributed by atoms with van der Waals surface area (Å²) >= 11 is 0. The van der Waals surface area contributed by atoms with Crippen LogP contribution in [-0.2, 0) is 0 Å². The van der Waals surface area contributed by atoms with Crippen LogP contribution in [0.4, 0.5) is 0 Å². The fraction of sp³-hybridized carbons (Fsp3) is 0.0800. The first-order valence-electron chi connectivity index (χ1n) is 9.30. The molecule has 0 radical (unpaired) electrons. The molecule has 0 unspecified atom stereocenters. The first kappa shape index (κ1) is 17.8. The molecule has 3 nitrogen and oxygen atoms in total. The molecule has 3 aromatic carbocycles. The van der Waals surface area contributed by atoms with Gasteiger partial charge in [0, 0.05) is 11.1 Å². The van der Waals surface area contributed by atoms with E-state index in [0.29, 0.717) is 6.61 Å². The molecule has 0 atom stereocenters. The highest BCUT2D eigenvalue weighted by Crippen LogP contribution is 2.35. The van der Waals surface area contributed by atoms with Crippen molar-refractivity contribution in [1.29, 1.82) is 0 Å². The van der Waals surface area contributed by atoms with Gasteiger partial charge >= 0.3 is 0 Å². The molecule has 138 valence electrons. The number of hydrogen-bond acceptors (Lipinski definition) is 2. The average Bonchev–Trinajstić information content (AvgIpc) is 3.19. The van der Waals surface area contributed by atoms with Gasteiger partial charge in [-0.25, -0.2) is 4.98 Å². The lowest BCUT2D eigenvalue weighted by atomic mass is 10.1. The molecule has 3 heteroatoms. The maximum Gasteiger partial charge on any atom is 0.142 e. The van der Waals surface area contributed by atoms with E-state index in [1.165, 1.54) is 0 Å².